The molecule has 0 radical (unpaired) electrons. The number of carbonyl (C=O) groups is 1. The van der Waals surface area contributed by atoms with Crippen molar-refractivity contribution in [3.05, 3.63) is 52.8 Å². The topological polar surface area (TPSA) is 70.2 Å². The van der Waals surface area contributed by atoms with Crippen LogP contribution in [0.1, 0.15) is 34.2 Å². The Labute approximate surface area is 142 Å². The summed E-state index contributed by atoms with van der Waals surface area (Å²) in [6.45, 7) is 8.10. The van der Waals surface area contributed by atoms with Crippen molar-refractivity contribution in [3.8, 4) is 0 Å². The number of benzene rings is 1. The molecule has 6 nitrogen and oxygen atoms in total. The number of aromatic nitrogens is 2. The van der Waals surface area contributed by atoms with Crippen LogP contribution in [0, 0.1) is 6.92 Å². The highest BCUT2D eigenvalue weighted by Gasteiger charge is 2.16. The molecular formula is C18H24N4O2. The number of aryl methyl sites for hydroxylation is 1. The number of nitrogens with zero attached hydrogens (tertiary/aromatic N) is 2. The Morgan fingerprint density at radius 1 is 1.42 bits per heavy atom. The number of amides is 1. The number of hydrogen-bond donors (Lipinski definition) is 2. The lowest BCUT2D eigenvalue weighted by atomic mass is 10.1. The highest BCUT2D eigenvalue weighted by atomic mass is 16.5. The fourth-order valence-electron chi connectivity index (χ4n) is 2.94. The molecule has 0 spiro atoms. The Hall–Kier alpha value is -2.18. The van der Waals surface area contributed by atoms with Crippen LogP contribution in [0.25, 0.3) is 0 Å². The van der Waals surface area contributed by atoms with Crippen LogP contribution < -0.4 is 5.32 Å². The summed E-state index contributed by atoms with van der Waals surface area (Å²) >= 11 is 0. The van der Waals surface area contributed by atoms with Crippen molar-refractivity contribution in [2.45, 2.75) is 33.0 Å². The van der Waals surface area contributed by atoms with Gasteiger partial charge in [-0.05, 0) is 31.0 Å². The van der Waals surface area contributed by atoms with Gasteiger partial charge in [0.1, 0.15) is 5.69 Å². The van der Waals surface area contributed by atoms with E-state index in [1.807, 2.05) is 19.1 Å². The van der Waals surface area contributed by atoms with Gasteiger partial charge in [-0.3, -0.25) is 14.8 Å². The molecule has 3 rings (SSSR count). The van der Waals surface area contributed by atoms with Crippen molar-refractivity contribution in [1.29, 1.82) is 0 Å². The van der Waals surface area contributed by atoms with Gasteiger partial charge >= 0.3 is 0 Å². The number of rotatable bonds is 5. The summed E-state index contributed by atoms with van der Waals surface area (Å²) in [6.07, 6.45) is 0.290. The molecule has 1 aliphatic rings. The molecule has 1 atom stereocenters. The van der Waals surface area contributed by atoms with Crippen LogP contribution in [0.3, 0.4) is 0 Å². The lowest BCUT2D eigenvalue weighted by molar-refractivity contribution is -0.0212. The number of H-pyrrole nitrogens is 1. The molecular weight excluding hydrogens is 304 g/mol. The van der Waals surface area contributed by atoms with Gasteiger partial charge in [0.25, 0.3) is 5.91 Å². The van der Waals surface area contributed by atoms with Gasteiger partial charge in [0.05, 0.1) is 12.7 Å². The van der Waals surface area contributed by atoms with Gasteiger partial charge in [0.15, 0.2) is 0 Å². The molecule has 128 valence electrons. The Balaban J connectivity index is 1.56. The summed E-state index contributed by atoms with van der Waals surface area (Å²) in [4.78, 5) is 14.5. The van der Waals surface area contributed by atoms with Gasteiger partial charge in [0, 0.05) is 31.9 Å². The van der Waals surface area contributed by atoms with Crippen molar-refractivity contribution in [3.63, 3.8) is 0 Å². The maximum atomic E-state index is 12.1. The SMILES string of the molecule is Cc1cc(C(=O)NCc2cccc(CN3CCO[C@H](C)C3)c2)n[nH]1. The zero-order chi connectivity index (χ0) is 16.9. The molecule has 0 aliphatic carbocycles. The fraction of sp³-hybridized carbons (Fsp3) is 0.444. The summed E-state index contributed by atoms with van der Waals surface area (Å²) in [5.41, 5.74) is 3.65. The molecule has 6 heteroatoms. The second-order valence-electron chi connectivity index (χ2n) is 6.36. The van der Waals surface area contributed by atoms with Crippen LogP contribution in [0.4, 0.5) is 0 Å². The highest BCUT2D eigenvalue weighted by molar-refractivity contribution is 5.92. The van der Waals surface area contributed by atoms with Crippen molar-refractivity contribution >= 4 is 5.91 Å². The van der Waals surface area contributed by atoms with E-state index in [-0.39, 0.29) is 5.91 Å². The van der Waals surface area contributed by atoms with E-state index in [1.165, 1.54) is 5.56 Å². The summed E-state index contributed by atoms with van der Waals surface area (Å²) in [7, 11) is 0. The largest absolute Gasteiger partial charge is 0.376 e. The lowest BCUT2D eigenvalue weighted by Gasteiger charge is -2.31. The Kier molecular flexibility index (Phi) is 5.27. The average Bonchev–Trinajstić information content (AvgIpc) is 3.00. The molecule has 0 bridgehead atoms. The first kappa shape index (κ1) is 16.7. The number of morpholine rings is 1. The minimum atomic E-state index is -0.160. The number of aromatic amines is 1. The highest BCUT2D eigenvalue weighted by Crippen LogP contribution is 2.12. The number of nitrogens with one attached hydrogen (secondary N) is 2. The average molecular weight is 328 g/mol. The predicted molar refractivity (Wildman–Crippen MR) is 91.6 cm³/mol. The molecule has 1 aromatic heterocycles. The summed E-state index contributed by atoms with van der Waals surface area (Å²) < 4.78 is 5.58. The number of ether oxygens (including phenoxy) is 1. The normalized spacial score (nSPS) is 18.5. The fourth-order valence-corrected chi connectivity index (χ4v) is 2.94. The van der Waals surface area contributed by atoms with Crippen LogP contribution in [-0.2, 0) is 17.8 Å². The van der Waals surface area contributed by atoms with Crippen molar-refractivity contribution < 1.29 is 9.53 Å². The van der Waals surface area contributed by atoms with Gasteiger partial charge < -0.3 is 10.1 Å². The van der Waals surface area contributed by atoms with Crippen molar-refractivity contribution in [2.24, 2.45) is 0 Å². The minimum Gasteiger partial charge on any atom is -0.376 e. The first-order valence-corrected chi connectivity index (χ1v) is 8.32. The molecule has 1 aliphatic heterocycles. The van der Waals surface area contributed by atoms with E-state index in [4.69, 9.17) is 4.74 Å². The van der Waals surface area contributed by atoms with E-state index < -0.39 is 0 Å². The molecule has 2 N–H and O–H groups in total. The van der Waals surface area contributed by atoms with E-state index in [9.17, 15) is 4.79 Å². The van der Waals surface area contributed by atoms with Gasteiger partial charge in [-0.25, -0.2) is 0 Å². The van der Waals surface area contributed by atoms with Crippen molar-refractivity contribution in [1.82, 2.24) is 20.4 Å². The lowest BCUT2D eigenvalue weighted by Crippen LogP contribution is -2.40. The summed E-state index contributed by atoms with van der Waals surface area (Å²) in [5, 5.41) is 9.67. The molecule has 0 unspecified atom stereocenters. The van der Waals surface area contributed by atoms with E-state index in [0.29, 0.717) is 18.3 Å². The Bertz CT molecular complexity index is 698. The molecule has 1 amide bonds. The minimum absolute atomic E-state index is 0.160. The number of hydrogen-bond acceptors (Lipinski definition) is 4. The molecule has 0 saturated carbocycles. The van der Waals surface area contributed by atoms with Crippen LogP contribution >= 0.6 is 0 Å². The second-order valence-corrected chi connectivity index (χ2v) is 6.36. The molecule has 2 heterocycles. The van der Waals surface area contributed by atoms with Crippen LogP contribution in [-0.4, -0.2) is 46.8 Å². The summed E-state index contributed by atoms with van der Waals surface area (Å²) in [5.74, 6) is -0.160. The molecule has 1 saturated heterocycles. The van der Waals surface area contributed by atoms with Gasteiger partial charge in [-0.15, -0.1) is 0 Å². The van der Waals surface area contributed by atoms with Crippen molar-refractivity contribution in [2.75, 3.05) is 19.7 Å². The van der Waals surface area contributed by atoms with Crippen LogP contribution in [0.5, 0.6) is 0 Å². The van der Waals surface area contributed by atoms with E-state index in [1.54, 1.807) is 6.07 Å². The maximum absolute atomic E-state index is 12.1. The zero-order valence-corrected chi connectivity index (χ0v) is 14.2. The van der Waals surface area contributed by atoms with Gasteiger partial charge in [0.2, 0.25) is 0 Å². The number of carbonyl (C=O) groups excluding carboxylic acids is 1. The van der Waals surface area contributed by atoms with E-state index >= 15 is 0 Å². The molecule has 1 aromatic carbocycles. The first-order chi connectivity index (χ1) is 11.6. The smallest absolute Gasteiger partial charge is 0.272 e. The third-order valence-corrected chi connectivity index (χ3v) is 4.11. The summed E-state index contributed by atoms with van der Waals surface area (Å²) in [6, 6.07) is 10.1. The van der Waals surface area contributed by atoms with Crippen LogP contribution in [0.15, 0.2) is 30.3 Å². The zero-order valence-electron chi connectivity index (χ0n) is 14.2. The molecule has 24 heavy (non-hydrogen) atoms. The standard InChI is InChI=1S/C18H24N4O2/c1-13-8-17(21-20-13)18(23)19-10-15-4-3-5-16(9-15)12-22-6-7-24-14(2)11-22/h3-5,8-9,14H,6-7,10-12H2,1-2H3,(H,19,23)(H,20,21)/t14-/m1/s1. The maximum Gasteiger partial charge on any atom is 0.272 e. The third-order valence-electron chi connectivity index (χ3n) is 4.11. The van der Waals surface area contributed by atoms with Gasteiger partial charge in [-0.1, -0.05) is 24.3 Å². The third kappa shape index (κ3) is 4.43. The van der Waals surface area contributed by atoms with E-state index in [0.717, 1.165) is 37.5 Å². The van der Waals surface area contributed by atoms with E-state index in [2.05, 4.69) is 39.5 Å². The Morgan fingerprint density at radius 3 is 3.00 bits per heavy atom. The monoisotopic (exact) mass is 328 g/mol. The van der Waals surface area contributed by atoms with Crippen LogP contribution in [0.2, 0.25) is 0 Å². The Morgan fingerprint density at radius 2 is 2.25 bits per heavy atom. The molecule has 2 aromatic rings. The predicted octanol–water partition coefficient (Wildman–Crippen LogP) is 1.87. The quantitative estimate of drug-likeness (QED) is 0.879. The molecule has 1 fully saturated rings. The first-order valence-electron chi connectivity index (χ1n) is 8.32. The second kappa shape index (κ2) is 7.59. The van der Waals surface area contributed by atoms with Gasteiger partial charge in [-0.2, -0.15) is 5.10 Å².